The van der Waals surface area contributed by atoms with Gasteiger partial charge in [-0.25, -0.2) is 0 Å². The second kappa shape index (κ2) is 11.2. The molecule has 178 valence electrons. The van der Waals surface area contributed by atoms with Crippen molar-refractivity contribution in [3.05, 3.63) is 88.4 Å². The van der Waals surface area contributed by atoms with E-state index < -0.39 is 0 Å². The fourth-order valence-electron chi connectivity index (χ4n) is 4.07. The second-order valence-corrected chi connectivity index (χ2v) is 9.00. The third-order valence-electron chi connectivity index (χ3n) is 5.76. The van der Waals surface area contributed by atoms with Crippen LogP contribution in [0.3, 0.4) is 0 Å². The summed E-state index contributed by atoms with van der Waals surface area (Å²) >= 11 is 6.22. The second-order valence-electron chi connectivity index (χ2n) is 8.56. The van der Waals surface area contributed by atoms with Gasteiger partial charge in [0.25, 0.3) is 0 Å². The molecular formula is C27H31ClN4O2. The van der Waals surface area contributed by atoms with Gasteiger partial charge in [-0.05, 0) is 66.4 Å². The van der Waals surface area contributed by atoms with Crippen molar-refractivity contribution in [3.8, 4) is 11.5 Å². The van der Waals surface area contributed by atoms with Crippen LogP contribution in [0.5, 0.6) is 11.5 Å². The number of nitrogens with two attached hydrogens (primary N) is 2. The van der Waals surface area contributed by atoms with Gasteiger partial charge in [0.05, 0.1) is 18.8 Å². The van der Waals surface area contributed by atoms with Crippen molar-refractivity contribution in [2.24, 2.45) is 16.5 Å². The number of aryl methyl sites for hydroxylation is 1. The van der Waals surface area contributed by atoms with Crippen molar-refractivity contribution in [1.29, 1.82) is 0 Å². The number of fused-ring (bicyclic) bond motifs is 1. The first kappa shape index (κ1) is 23.8. The van der Waals surface area contributed by atoms with Crippen LogP contribution in [0, 0.1) is 6.92 Å². The molecule has 34 heavy (non-hydrogen) atoms. The van der Waals surface area contributed by atoms with E-state index in [0.29, 0.717) is 13.2 Å². The number of aliphatic imine (C=N–C) groups is 1. The molecule has 0 aliphatic carbocycles. The SMILES string of the molecule is Cc1ccc2c(c1)N(Cc1cccc(Cl)c1)CC(CCOc1ccc(CCN=C(N)N)cc1)O2. The van der Waals surface area contributed by atoms with Crippen LogP contribution in [-0.4, -0.2) is 31.8 Å². The molecule has 1 atom stereocenters. The zero-order valence-electron chi connectivity index (χ0n) is 19.4. The minimum atomic E-state index is 0.0354. The summed E-state index contributed by atoms with van der Waals surface area (Å²) in [5, 5.41) is 0.752. The van der Waals surface area contributed by atoms with Crippen molar-refractivity contribution in [2.75, 3.05) is 24.6 Å². The van der Waals surface area contributed by atoms with E-state index in [0.717, 1.165) is 53.7 Å². The van der Waals surface area contributed by atoms with Gasteiger partial charge in [-0.1, -0.05) is 41.9 Å². The van der Waals surface area contributed by atoms with E-state index in [1.54, 1.807) is 0 Å². The molecule has 0 bridgehead atoms. The first-order valence-corrected chi connectivity index (χ1v) is 11.9. The highest BCUT2D eigenvalue weighted by Crippen LogP contribution is 2.36. The molecule has 7 heteroatoms. The quantitative estimate of drug-likeness (QED) is 0.344. The Balaban J connectivity index is 1.35. The standard InChI is InChI=1S/C27H31ClN4O2/c1-19-5-10-26-25(15-19)32(17-21-3-2-4-22(28)16-21)18-24(34-26)12-14-33-23-8-6-20(7-9-23)11-13-31-27(29)30/h2-10,15-16,24H,11-14,17-18H2,1H3,(H4,29,30,31). The number of ether oxygens (including phenoxy) is 2. The molecule has 1 aliphatic heterocycles. The smallest absolute Gasteiger partial charge is 0.185 e. The summed E-state index contributed by atoms with van der Waals surface area (Å²) in [6, 6.07) is 22.4. The summed E-state index contributed by atoms with van der Waals surface area (Å²) < 4.78 is 12.3. The monoisotopic (exact) mass is 478 g/mol. The molecule has 3 aromatic carbocycles. The Morgan fingerprint density at radius 3 is 2.68 bits per heavy atom. The van der Waals surface area contributed by atoms with Gasteiger partial charge >= 0.3 is 0 Å². The lowest BCUT2D eigenvalue weighted by atomic mass is 10.1. The number of rotatable bonds is 9. The molecule has 4 rings (SSSR count). The predicted molar refractivity (Wildman–Crippen MR) is 139 cm³/mol. The summed E-state index contributed by atoms with van der Waals surface area (Å²) in [4.78, 5) is 6.39. The Morgan fingerprint density at radius 1 is 1.09 bits per heavy atom. The minimum Gasteiger partial charge on any atom is -0.493 e. The largest absolute Gasteiger partial charge is 0.493 e. The highest BCUT2D eigenvalue weighted by molar-refractivity contribution is 6.30. The van der Waals surface area contributed by atoms with E-state index in [4.69, 9.17) is 32.5 Å². The lowest BCUT2D eigenvalue weighted by Crippen LogP contribution is -2.40. The number of benzene rings is 3. The van der Waals surface area contributed by atoms with Gasteiger partial charge in [0.2, 0.25) is 0 Å². The van der Waals surface area contributed by atoms with Gasteiger partial charge < -0.3 is 25.8 Å². The molecule has 4 N–H and O–H groups in total. The van der Waals surface area contributed by atoms with E-state index in [2.05, 4.69) is 41.1 Å². The molecule has 1 heterocycles. The summed E-state index contributed by atoms with van der Waals surface area (Å²) in [6.07, 6.45) is 1.61. The maximum Gasteiger partial charge on any atom is 0.185 e. The molecule has 0 saturated carbocycles. The van der Waals surface area contributed by atoms with Crippen LogP contribution in [0.15, 0.2) is 71.7 Å². The van der Waals surface area contributed by atoms with E-state index in [1.807, 2.05) is 42.5 Å². The molecule has 0 fully saturated rings. The average molecular weight is 479 g/mol. The number of guanidine groups is 1. The Labute approximate surface area is 206 Å². The van der Waals surface area contributed by atoms with Gasteiger partial charge in [0.15, 0.2) is 5.96 Å². The summed E-state index contributed by atoms with van der Waals surface area (Å²) in [7, 11) is 0. The van der Waals surface area contributed by atoms with E-state index in [1.165, 1.54) is 11.1 Å². The average Bonchev–Trinajstić information content (AvgIpc) is 2.80. The van der Waals surface area contributed by atoms with Crippen molar-refractivity contribution in [3.63, 3.8) is 0 Å². The molecule has 0 aromatic heterocycles. The molecule has 3 aromatic rings. The van der Waals surface area contributed by atoms with Crippen LogP contribution in [0.4, 0.5) is 5.69 Å². The van der Waals surface area contributed by atoms with E-state index in [-0.39, 0.29) is 12.1 Å². The topological polar surface area (TPSA) is 86.1 Å². The Kier molecular flexibility index (Phi) is 7.80. The number of hydrogen-bond acceptors (Lipinski definition) is 4. The van der Waals surface area contributed by atoms with Gasteiger partial charge in [0.1, 0.15) is 17.6 Å². The predicted octanol–water partition coefficient (Wildman–Crippen LogP) is 4.70. The lowest BCUT2D eigenvalue weighted by molar-refractivity contribution is 0.155. The van der Waals surface area contributed by atoms with Crippen LogP contribution in [0.1, 0.15) is 23.1 Å². The van der Waals surface area contributed by atoms with Crippen LogP contribution in [0.25, 0.3) is 0 Å². The normalized spacial score (nSPS) is 14.8. The van der Waals surface area contributed by atoms with Crippen molar-refractivity contribution < 1.29 is 9.47 Å². The molecule has 1 aliphatic rings. The van der Waals surface area contributed by atoms with Crippen LogP contribution in [-0.2, 0) is 13.0 Å². The summed E-state index contributed by atoms with van der Waals surface area (Å²) in [5.41, 5.74) is 15.4. The molecule has 1 unspecified atom stereocenters. The third kappa shape index (κ3) is 6.58. The number of hydrogen-bond donors (Lipinski definition) is 2. The van der Waals surface area contributed by atoms with Gasteiger partial charge in [-0.2, -0.15) is 0 Å². The first-order valence-electron chi connectivity index (χ1n) is 11.5. The first-order chi connectivity index (χ1) is 16.5. The van der Waals surface area contributed by atoms with Crippen LogP contribution in [0.2, 0.25) is 5.02 Å². The van der Waals surface area contributed by atoms with Gasteiger partial charge in [0, 0.05) is 24.5 Å². The maximum atomic E-state index is 6.32. The summed E-state index contributed by atoms with van der Waals surface area (Å²) in [5.74, 6) is 1.87. The Bertz CT molecular complexity index is 1130. The van der Waals surface area contributed by atoms with E-state index in [9.17, 15) is 0 Å². The lowest BCUT2D eigenvalue weighted by Gasteiger charge is -2.36. The van der Waals surface area contributed by atoms with Crippen molar-refractivity contribution in [1.82, 2.24) is 0 Å². The number of anilines is 1. The van der Waals surface area contributed by atoms with Gasteiger partial charge in [-0.3, -0.25) is 4.99 Å². The molecule has 0 saturated heterocycles. The highest BCUT2D eigenvalue weighted by Gasteiger charge is 2.26. The van der Waals surface area contributed by atoms with Gasteiger partial charge in [-0.15, -0.1) is 0 Å². The summed E-state index contributed by atoms with van der Waals surface area (Å²) in [6.45, 7) is 4.82. The molecule has 0 amide bonds. The Hall–Kier alpha value is -3.38. The fraction of sp³-hybridized carbons (Fsp3) is 0.296. The molecule has 0 radical (unpaired) electrons. The zero-order valence-corrected chi connectivity index (χ0v) is 20.2. The molecule has 0 spiro atoms. The third-order valence-corrected chi connectivity index (χ3v) is 6.00. The minimum absolute atomic E-state index is 0.0354. The van der Waals surface area contributed by atoms with Crippen LogP contribution < -0.4 is 25.8 Å². The zero-order chi connectivity index (χ0) is 23.9. The van der Waals surface area contributed by atoms with E-state index >= 15 is 0 Å². The number of halogens is 1. The molecular weight excluding hydrogens is 448 g/mol. The fourth-order valence-corrected chi connectivity index (χ4v) is 4.28. The Morgan fingerprint density at radius 2 is 1.91 bits per heavy atom. The van der Waals surface area contributed by atoms with Crippen molar-refractivity contribution >= 4 is 23.2 Å². The highest BCUT2D eigenvalue weighted by atomic mass is 35.5. The maximum absolute atomic E-state index is 6.32. The number of nitrogens with zero attached hydrogens (tertiary/aromatic N) is 2. The van der Waals surface area contributed by atoms with Crippen molar-refractivity contribution in [2.45, 2.75) is 32.4 Å². The molecule has 6 nitrogen and oxygen atoms in total. The van der Waals surface area contributed by atoms with Crippen LogP contribution >= 0.6 is 11.6 Å².